The van der Waals surface area contributed by atoms with Crippen molar-refractivity contribution in [3.05, 3.63) is 36.5 Å². The normalized spacial score (nSPS) is 10.7. The molecule has 3 rings (SSSR count). The van der Waals surface area contributed by atoms with Crippen molar-refractivity contribution < 1.29 is 4.52 Å². The molecule has 0 amide bonds. The third kappa shape index (κ3) is 1.58. The van der Waals surface area contributed by atoms with Crippen LogP contribution in [0, 0.1) is 0 Å². The van der Waals surface area contributed by atoms with E-state index in [2.05, 4.69) is 15.2 Å². The first kappa shape index (κ1) is 10.3. The fraction of sp³-hybridized carbons (Fsp3) is 0. The lowest BCUT2D eigenvalue weighted by Gasteiger charge is -2.03. The highest BCUT2D eigenvalue weighted by atomic mass is 16.5. The summed E-state index contributed by atoms with van der Waals surface area (Å²) >= 11 is 0. The second-order valence-electron chi connectivity index (χ2n) is 3.65. The molecule has 2 heterocycles. The summed E-state index contributed by atoms with van der Waals surface area (Å²) in [7, 11) is 0. The average Bonchev–Trinajstić information content (AvgIpc) is 2.97. The van der Waals surface area contributed by atoms with Crippen molar-refractivity contribution in [2.45, 2.75) is 0 Å². The van der Waals surface area contributed by atoms with Gasteiger partial charge in [0.1, 0.15) is 11.4 Å². The van der Waals surface area contributed by atoms with Crippen LogP contribution >= 0.6 is 0 Å². The maximum atomic E-state index is 6.01. The summed E-state index contributed by atoms with van der Waals surface area (Å²) in [6, 6.07) is 9.52. The Morgan fingerprint density at radius 2 is 1.89 bits per heavy atom. The van der Waals surface area contributed by atoms with Crippen molar-refractivity contribution in [1.82, 2.24) is 19.9 Å². The van der Waals surface area contributed by atoms with E-state index in [0.29, 0.717) is 11.4 Å². The van der Waals surface area contributed by atoms with E-state index in [4.69, 9.17) is 16.0 Å². The Hall–Kier alpha value is -2.83. The molecule has 90 valence electrons. The molecule has 0 aliphatic rings. The van der Waals surface area contributed by atoms with E-state index >= 15 is 0 Å². The van der Waals surface area contributed by atoms with Gasteiger partial charge in [-0.25, -0.2) is 4.68 Å². The van der Waals surface area contributed by atoms with E-state index in [1.165, 1.54) is 0 Å². The maximum absolute atomic E-state index is 6.01. The van der Waals surface area contributed by atoms with Crippen LogP contribution < -0.4 is 11.5 Å². The fourth-order valence-electron chi connectivity index (χ4n) is 1.64. The van der Waals surface area contributed by atoms with Crippen LogP contribution in [-0.4, -0.2) is 19.9 Å². The van der Waals surface area contributed by atoms with Crippen LogP contribution in [0.1, 0.15) is 0 Å². The number of nitrogens with zero attached hydrogens (tertiary/aromatic N) is 4. The lowest BCUT2D eigenvalue weighted by Crippen LogP contribution is -2.01. The van der Waals surface area contributed by atoms with Gasteiger partial charge >= 0.3 is 0 Å². The van der Waals surface area contributed by atoms with Crippen LogP contribution in [-0.2, 0) is 0 Å². The van der Waals surface area contributed by atoms with Crippen LogP contribution in [0.4, 0.5) is 11.8 Å². The molecule has 1 aromatic carbocycles. The molecule has 0 saturated heterocycles. The summed E-state index contributed by atoms with van der Waals surface area (Å²) in [5.41, 5.74) is 12.8. The summed E-state index contributed by atoms with van der Waals surface area (Å²) in [5.74, 6) is 0.744. The van der Waals surface area contributed by atoms with E-state index in [9.17, 15) is 0 Å². The van der Waals surface area contributed by atoms with Crippen molar-refractivity contribution in [1.29, 1.82) is 0 Å². The molecule has 7 heteroatoms. The molecule has 0 aliphatic heterocycles. The predicted octanol–water partition coefficient (Wildman–Crippen LogP) is 1.09. The first-order chi connectivity index (χ1) is 8.75. The Bertz CT molecular complexity index is 672. The Balaban J connectivity index is 2.08. The minimum Gasteiger partial charge on any atom is -0.383 e. The zero-order valence-corrected chi connectivity index (χ0v) is 9.32. The van der Waals surface area contributed by atoms with Crippen molar-refractivity contribution in [3.63, 3.8) is 0 Å². The molecule has 0 atom stereocenters. The van der Waals surface area contributed by atoms with E-state index in [0.717, 1.165) is 5.69 Å². The molecular weight excluding hydrogens is 232 g/mol. The Morgan fingerprint density at radius 1 is 1.11 bits per heavy atom. The smallest absolute Gasteiger partial charge is 0.264 e. The first-order valence-corrected chi connectivity index (χ1v) is 5.24. The molecular formula is C11H10N6O. The Labute approximate surface area is 102 Å². The van der Waals surface area contributed by atoms with E-state index in [-0.39, 0.29) is 11.8 Å². The van der Waals surface area contributed by atoms with Gasteiger partial charge < -0.3 is 16.0 Å². The van der Waals surface area contributed by atoms with Crippen LogP contribution in [0.5, 0.6) is 0 Å². The number of nitrogen functional groups attached to an aromatic ring is 2. The highest BCUT2D eigenvalue weighted by Gasteiger charge is 2.16. The topological polar surface area (TPSA) is 109 Å². The lowest BCUT2D eigenvalue weighted by molar-refractivity contribution is 0.433. The SMILES string of the molecule is Nc1noc(-c2cnn(-c3ccccc3)c2N)n1. The van der Waals surface area contributed by atoms with E-state index in [1.807, 2.05) is 30.3 Å². The number of para-hydroxylation sites is 1. The zero-order valence-electron chi connectivity index (χ0n) is 9.32. The minimum atomic E-state index is 0.0665. The fourth-order valence-corrected chi connectivity index (χ4v) is 1.64. The predicted molar refractivity (Wildman–Crippen MR) is 65.7 cm³/mol. The Kier molecular flexibility index (Phi) is 2.23. The molecule has 0 bridgehead atoms. The van der Waals surface area contributed by atoms with Gasteiger partial charge in [-0.2, -0.15) is 10.1 Å². The molecule has 18 heavy (non-hydrogen) atoms. The average molecular weight is 242 g/mol. The van der Waals surface area contributed by atoms with Crippen LogP contribution in [0.3, 0.4) is 0 Å². The number of anilines is 2. The summed E-state index contributed by atoms with van der Waals surface area (Å²) in [4.78, 5) is 3.92. The molecule has 0 aliphatic carbocycles. The highest BCUT2D eigenvalue weighted by Crippen LogP contribution is 2.26. The number of benzene rings is 1. The number of aromatic nitrogens is 4. The highest BCUT2D eigenvalue weighted by molar-refractivity contribution is 5.68. The Morgan fingerprint density at radius 3 is 2.56 bits per heavy atom. The van der Waals surface area contributed by atoms with Gasteiger partial charge in [-0.05, 0) is 17.3 Å². The summed E-state index contributed by atoms with van der Waals surface area (Å²) in [6.07, 6.45) is 1.56. The summed E-state index contributed by atoms with van der Waals surface area (Å²) < 4.78 is 6.55. The second-order valence-corrected chi connectivity index (χ2v) is 3.65. The van der Waals surface area contributed by atoms with Gasteiger partial charge in [0.15, 0.2) is 0 Å². The third-order valence-electron chi connectivity index (χ3n) is 2.48. The van der Waals surface area contributed by atoms with Gasteiger partial charge in [-0.15, -0.1) is 0 Å². The monoisotopic (exact) mass is 242 g/mol. The number of hydrogen-bond acceptors (Lipinski definition) is 6. The van der Waals surface area contributed by atoms with Gasteiger partial charge in [0.2, 0.25) is 0 Å². The summed E-state index contributed by atoms with van der Waals surface area (Å²) in [5, 5.41) is 7.71. The second kappa shape index (κ2) is 3.88. The van der Waals surface area contributed by atoms with Gasteiger partial charge in [0.05, 0.1) is 11.9 Å². The first-order valence-electron chi connectivity index (χ1n) is 5.24. The molecule has 0 spiro atoms. The van der Waals surface area contributed by atoms with Crippen LogP contribution in [0.25, 0.3) is 17.1 Å². The quantitative estimate of drug-likeness (QED) is 0.696. The van der Waals surface area contributed by atoms with Crippen molar-refractivity contribution in [3.8, 4) is 17.1 Å². The molecule has 2 aromatic heterocycles. The van der Waals surface area contributed by atoms with Crippen molar-refractivity contribution >= 4 is 11.8 Å². The van der Waals surface area contributed by atoms with E-state index in [1.54, 1.807) is 10.9 Å². The molecule has 4 N–H and O–H groups in total. The third-order valence-corrected chi connectivity index (χ3v) is 2.48. The molecule has 3 aromatic rings. The maximum Gasteiger partial charge on any atom is 0.264 e. The van der Waals surface area contributed by atoms with Crippen molar-refractivity contribution in [2.75, 3.05) is 11.5 Å². The van der Waals surface area contributed by atoms with Gasteiger partial charge in [-0.3, -0.25) is 0 Å². The lowest BCUT2D eigenvalue weighted by atomic mass is 10.3. The van der Waals surface area contributed by atoms with Crippen molar-refractivity contribution in [2.24, 2.45) is 0 Å². The largest absolute Gasteiger partial charge is 0.383 e. The molecule has 0 saturated carbocycles. The van der Waals surface area contributed by atoms with Crippen LogP contribution in [0.2, 0.25) is 0 Å². The molecule has 0 fully saturated rings. The van der Waals surface area contributed by atoms with Gasteiger partial charge in [-0.1, -0.05) is 18.2 Å². The number of hydrogen-bond donors (Lipinski definition) is 2. The van der Waals surface area contributed by atoms with Gasteiger partial charge in [0.25, 0.3) is 11.8 Å². The van der Waals surface area contributed by atoms with Gasteiger partial charge in [0, 0.05) is 0 Å². The standard InChI is InChI=1S/C11H10N6O/c12-9-8(10-15-11(13)16-18-10)6-14-17(9)7-4-2-1-3-5-7/h1-6H,12H2,(H2,13,16). The zero-order chi connectivity index (χ0) is 12.5. The summed E-state index contributed by atoms with van der Waals surface area (Å²) in [6.45, 7) is 0. The molecule has 0 unspecified atom stereocenters. The molecule has 7 nitrogen and oxygen atoms in total. The molecule has 0 radical (unpaired) electrons. The number of nitrogens with two attached hydrogens (primary N) is 2. The van der Waals surface area contributed by atoms with E-state index < -0.39 is 0 Å². The minimum absolute atomic E-state index is 0.0665. The van der Waals surface area contributed by atoms with Crippen LogP contribution in [0.15, 0.2) is 41.1 Å². The number of rotatable bonds is 2.